The van der Waals surface area contributed by atoms with Gasteiger partial charge >= 0.3 is 0 Å². The molecule has 5 heteroatoms. The molecular formula is C41H31IrN3S-2. The second kappa shape index (κ2) is 13.8. The van der Waals surface area contributed by atoms with Crippen LogP contribution in [0.5, 0.6) is 0 Å². The number of para-hydroxylation sites is 2. The van der Waals surface area contributed by atoms with Crippen molar-refractivity contribution in [2.45, 2.75) is 20.6 Å². The van der Waals surface area contributed by atoms with Crippen LogP contribution in [-0.2, 0) is 20.1 Å². The van der Waals surface area contributed by atoms with Crippen molar-refractivity contribution in [1.29, 1.82) is 0 Å². The molecule has 0 aliphatic carbocycles. The fraction of sp³-hybridized carbons (Fsp3) is 0.0732. The van der Waals surface area contributed by atoms with Crippen LogP contribution in [0.4, 0.5) is 0 Å². The van der Waals surface area contributed by atoms with Crippen molar-refractivity contribution >= 4 is 32.5 Å². The van der Waals surface area contributed by atoms with Gasteiger partial charge in [0.2, 0.25) is 0 Å². The number of aryl methyl sites for hydroxylation is 3. The Hall–Kier alpha value is -4.67. The Bertz CT molecular complexity index is 2480. The zero-order chi connectivity index (χ0) is 38.3. The van der Waals surface area contributed by atoms with Crippen LogP contribution in [0.1, 0.15) is 29.0 Å². The van der Waals surface area contributed by atoms with Crippen LogP contribution >= 0.6 is 11.3 Å². The fourth-order valence-corrected chi connectivity index (χ4v) is 6.05. The van der Waals surface area contributed by atoms with E-state index in [1.165, 1.54) is 41.3 Å². The molecule has 0 saturated heterocycles. The SMILES string of the molecule is [2H]C([2H])([2H])c1c[c-]c(-c2ccc(C([2H])([2H])[2H])cn2)cc1.[2H]C([2H])([2H])c1ccc2c(-c3nc4ccccc4n3-c3ccc(-c4ccccc4)cc3)[c-]sc2c1.[Ir]. The van der Waals surface area contributed by atoms with E-state index >= 15 is 0 Å². The number of aromatic nitrogens is 3. The molecule has 0 saturated carbocycles. The molecule has 0 atom stereocenters. The van der Waals surface area contributed by atoms with Gasteiger partial charge in [-0.1, -0.05) is 107 Å². The van der Waals surface area contributed by atoms with Gasteiger partial charge < -0.3 is 9.55 Å². The van der Waals surface area contributed by atoms with Gasteiger partial charge in [0.15, 0.2) is 0 Å². The van der Waals surface area contributed by atoms with Gasteiger partial charge in [0.25, 0.3) is 0 Å². The molecule has 3 heterocycles. The molecule has 0 N–H and O–H groups in total. The molecule has 5 aromatic carbocycles. The molecule has 0 unspecified atom stereocenters. The number of imidazole rings is 1. The predicted octanol–water partition coefficient (Wildman–Crippen LogP) is 10.8. The largest absolute Gasteiger partial charge is 0.333 e. The first-order chi connectivity index (χ1) is 25.7. The van der Waals surface area contributed by atoms with Crippen molar-refractivity contribution in [3.63, 3.8) is 0 Å². The summed E-state index contributed by atoms with van der Waals surface area (Å²) in [6.07, 6.45) is 1.30. The third-order valence-electron chi connectivity index (χ3n) is 7.38. The van der Waals surface area contributed by atoms with E-state index in [0.29, 0.717) is 16.8 Å². The van der Waals surface area contributed by atoms with Crippen LogP contribution in [0.3, 0.4) is 0 Å². The van der Waals surface area contributed by atoms with E-state index in [2.05, 4.69) is 63.5 Å². The monoisotopic (exact) mass is 799 g/mol. The van der Waals surface area contributed by atoms with E-state index in [9.17, 15) is 0 Å². The number of pyridine rings is 1. The van der Waals surface area contributed by atoms with Crippen LogP contribution in [0.2, 0.25) is 0 Å². The maximum atomic E-state index is 7.73. The Morgan fingerprint density at radius 3 is 2.20 bits per heavy atom. The van der Waals surface area contributed by atoms with Gasteiger partial charge in [-0.05, 0) is 60.4 Å². The maximum absolute atomic E-state index is 7.73. The topological polar surface area (TPSA) is 30.7 Å². The summed E-state index contributed by atoms with van der Waals surface area (Å²) in [5, 5.41) is 4.35. The number of rotatable bonds is 4. The van der Waals surface area contributed by atoms with Crippen molar-refractivity contribution in [3.8, 4) is 39.5 Å². The Morgan fingerprint density at radius 2 is 1.46 bits per heavy atom. The second-order valence-electron chi connectivity index (χ2n) is 10.4. The molecule has 46 heavy (non-hydrogen) atoms. The van der Waals surface area contributed by atoms with E-state index in [1.807, 2.05) is 42.5 Å². The van der Waals surface area contributed by atoms with Crippen molar-refractivity contribution in [2.24, 2.45) is 0 Å². The third-order valence-corrected chi connectivity index (χ3v) is 8.25. The average molecular weight is 799 g/mol. The zero-order valence-corrected chi connectivity index (χ0v) is 27.5. The Balaban J connectivity index is 0.000000211. The standard InChI is InChI=1S/C28H19N2S.C13H12N.Ir/c1-19-11-16-23-24(18-31-27(23)17-19)28-29-25-9-5-6-10-26(25)30(28)22-14-12-21(13-15-22)20-7-3-2-4-8-20;1-10-3-6-12(7-4-10)13-8-5-11(2)9-14-13;/h2-17H,1H3;3-6,8-9H,1-2H3;/q2*-1;/i1D3;1D3,2D3;. The van der Waals surface area contributed by atoms with Gasteiger partial charge in [0.05, 0.1) is 16.9 Å². The summed E-state index contributed by atoms with van der Waals surface area (Å²) in [7, 11) is 0. The second-order valence-corrected chi connectivity index (χ2v) is 11.2. The molecule has 0 spiro atoms. The molecule has 0 amide bonds. The quantitative estimate of drug-likeness (QED) is 0.166. The summed E-state index contributed by atoms with van der Waals surface area (Å²) in [5.41, 5.74) is 8.01. The summed E-state index contributed by atoms with van der Waals surface area (Å²) in [4.78, 5) is 9.04. The number of benzene rings is 5. The van der Waals surface area contributed by atoms with Crippen molar-refractivity contribution < 1.29 is 32.4 Å². The number of hydrogen-bond donors (Lipinski definition) is 0. The Morgan fingerprint density at radius 1 is 0.717 bits per heavy atom. The molecule has 0 aliphatic heterocycles. The van der Waals surface area contributed by atoms with Crippen LogP contribution < -0.4 is 0 Å². The minimum absolute atomic E-state index is 0. The van der Waals surface area contributed by atoms with Crippen LogP contribution in [-0.4, -0.2) is 14.5 Å². The fourth-order valence-electron chi connectivity index (χ4n) is 5.17. The predicted molar refractivity (Wildman–Crippen MR) is 189 cm³/mol. The van der Waals surface area contributed by atoms with E-state index in [0.717, 1.165) is 43.8 Å². The molecule has 0 aliphatic rings. The molecule has 0 bridgehead atoms. The van der Waals surface area contributed by atoms with Gasteiger partial charge in [-0.25, -0.2) is 0 Å². The molecule has 3 aromatic heterocycles. The van der Waals surface area contributed by atoms with Crippen LogP contribution in [0, 0.1) is 32.0 Å². The van der Waals surface area contributed by atoms with Crippen molar-refractivity contribution in [3.05, 3.63) is 162 Å². The first kappa shape index (κ1) is 22.0. The number of nitrogens with zero attached hydrogens (tertiary/aromatic N) is 3. The molecule has 227 valence electrons. The van der Waals surface area contributed by atoms with Crippen molar-refractivity contribution in [2.75, 3.05) is 0 Å². The van der Waals surface area contributed by atoms with Crippen LogP contribution in [0.25, 0.3) is 60.6 Å². The molecule has 0 fully saturated rings. The minimum Gasteiger partial charge on any atom is -0.333 e. The Labute approximate surface area is 300 Å². The van der Waals surface area contributed by atoms with Gasteiger partial charge in [0.1, 0.15) is 0 Å². The van der Waals surface area contributed by atoms with Crippen molar-refractivity contribution in [1.82, 2.24) is 14.5 Å². The van der Waals surface area contributed by atoms with E-state index in [-0.39, 0.29) is 31.2 Å². The molecule has 1 radical (unpaired) electrons. The van der Waals surface area contributed by atoms with Gasteiger partial charge in [-0.3, -0.25) is 16.3 Å². The summed E-state index contributed by atoms with van der Waals surface area (Å²) in [6, 6.07) is 42.6. The van der Waals surface area contributed by atoms with E-state index in [1.54, 1.807) is 24.3 Å². The van der Waals surface area contributed by atoms with Gasteiger partial charge in [-0.15, -0.1) is 46.8 Å². The Kier molecular flexibility index (Phi) is 6.57. The molecule has 8 aromatic rings. The summed E-state index contributed by atoms with van der Waals surface area (Å²) in [6.45, 7) is -6.47. The van der Waals surface area contributed by atoms with Gasteiger partial charge in [-0.2, -0.15) is 0 Å². The minimum atomic E-state index is -2.18. The normalized spacial score (nSPS) is 14.5. The molecular weight excluding hydrogens is 759 g/mol. The number of thiophene rings is 1. The maximum Gasteiger partial charge on any atom is 0.0774 e. The molecule has 3 nitrogen and oxygen atoms in total. The van der Waals surface area contributed by atoms with E-state index in [4.69, 9.17) is 17.3 Å². The smallest absolute Gasteiger partial charge is 0.0774 e. The third kappa shape index (κ3) is 6.49. The van der Waals surface area contributed by atoms with E-state index < -0.39 is 20.6 Å². The summed E-state index contributed by atoms with van der Waals surface area (Å²) < 4.78 is 69.9. The first-order valence-corrected chi connectivity index (χ1v) is 15.1. The summed E-state index contributed by atoms with van der Waals surface area (Å²) >= 11 is 1.42. The zero-order valence-electron chi connectivity index (χ0n) is 33.3. The van der Waals surface area contributed by atoms with Crippen LogP contribution in [0.15, 0.2) is 134 Å². The summed E-state index contributed by atoms with van der Waals surface area (Å²) in [5.74, 6) is 0.793. The molecule has 8 rings (SSSR count). The number of hydrogen-bond acceptors (Lipinski definition) is 3. The number of fused-ring (bicyclic) bond motifs is 2. The van der Waals surface area contributed by atoms with Gasteiger partial charge in [0, 0.05) is 44.3 Å². The average Bonchev–Trinajstić information content (AvgIpc) is 3.76. The first-order valence-electron chi connectivity index (χ1n) is 18.7.